The van der Waals surface area contributed by atoms with Crippen LogP contribution in [-0.2, 0) is 9.84 Å². The molecule has 20 heavy (non-hydrogen) atoms. The van der Waals surface area contributed by atoms with Gasteiger partial charge in [-0.05, 0) is 35.1 Å². The fourth-order valence-corrected chi connectivity index (χ4v) is 4.39. The maximum atomic E-state index is 12.0. The number of nitrogens with one attached hydrogen (secondary N) is 1. The number of hydrogen-bond donors (Lipinski definition) is 1. The molecule has 7 nitrogen and oxygen atoms in total. The van der Waals surface area contributed by atoms with Crippen LogP contribution >= 0.6 is 22.6 Å². The fourth-order valence-electron chi connectivity index (χ4n) is 1.97. The Kier molecular flexibility index (Phi) is 4.28. The lowest BCUT2D eigenvalue weighted by molar-refractivity contribution is -0.384. The topological polar surface area (TPSA) is 106 Å². The van der Waals surface area contributed by atoms with E-state index in [4.69, 9.17) is 0 Å². The number of halogens is 1. The van der Waals surface area contributed by atoms with Crippen LogP contribution in [0.2, 0.25) is 0 Å². The molecular weight excluding hydrogens is 399 g/mol. The SMILES string of the molecule is O=C(NC1CCS(=O)(=O)C1)c1ccc([N+](=O)[O-])cc1I. The Labute approximate surface area is 129 Å². The van der Waals surface area contributed by atoms with Gasteiger partial charge in [0.25, 0.3) is 11.6 Å². The number of nitro groups is 1. The number of rotatable bonds is 3. The first kappa shape index (κ1) is 15.2. The zero-order chi connectivity index (χ0) is 14.9. The van der Waals surface area contributed by atoms with Gasteiger partial charge in [0.15, 0.2) is 9.84 Å². The molecule has 2 rings (SSSR count). The Balaban J connectivity index is 2.12. The number of carbonyl (C=O) groups excluding carboxylic acids is 1. The molecule has 9 heteroatoms. The highest BCUT2D eigenvalue weighted by Gasteiger charge is 2.29. The molecule has 0 bridgehead atoms. The Morgan fingerprint density at radius 1 is 1.45 bits per heavy atom. The van der Waals surface area contributed by atoms with Gasteiger partial charge in [0.1, 0.15) is 0 Å². The van der Waals surface area contributed by atoms with E-state index in [1.54, 1.807) is 0 Å². The van der Waals surface area contributed by atoms with Crippen molar-refractivity contribution in [3.8, 4) is 0 Å². The number of sulfone groups is 1. The Hall–Kier alpha value is -1.23. The van der Waals surface area contributed by atoms with Crippen molar-refractivity contribution in [3.63, 3.8) is 0 Å². The van der Waals surface area contributed by atoms with Gasteiger partial charge in [-0.1, -0.05) is 0 Å². The minimum atomic E-state index is -3.06. The van der Waals surface area contributed by atoms with Crippen molar-refractivity contribution in [2.24, 2.45) is 0 Å². The summed E-state index contributed by atoms with van der Waals surface area (Å²) in [6, 6.07) is 3.54. The van der Waals surface area contributed by atoms with Crippen molar-refractivity contribution < 1.29 is 18.1 Å². The standard InChI is InChI=1S/C11H11IN2O5S/c12-10-5-8(14(16)17)1-2-9(10)11(15)13-7-3-4-20(18,19)6-7/h1-2,5,7H,3-4,6H2,(H,13,15). The molecule has 1 N–H and O–H groups in total. The minimum Gasteiger partial charge on any atom is -0.348 e. The van der Waals surface area contributed by atoms with Crippen LogP contribution in [0.25, 0.3) is 0 Å². The summed E-state index contributed by atoms with van der Waals surface area (Å²) in [7, 11) is -3.06. The predicted octanol–water partition coefficient (Wildman–Crippen LogP) is 1.12. The van der Waals surface area contributed by atoms with Gasteiger partial charge in [-0.2, -0.15) is 0 Å². The molecule has 0 saturated carbocycles. The maximum Gasteiger partial charge on any atom is 0.270 e. The summed E-state index contributed by atoms with van der Waals surface area (Å²) >= 11 is 1.84. The predicted molar refractivity (Wildman–Crippen MR) is 80.3 cm³/mol. The minimum absolute atomic E-state index is 0.0533. The summed E-state index contributed by atoms with van der Waals surface area (Å²) in [4.78, 5) is 22.1. The van der Waals surface area contributed by atoms with E-state index in [1.165, 1.54) is 18.2 Å². The second-order valence-corrected chi connectivity index (χ2v) is 7.89. The van der Waals surface area contributed by atoms with Crippen LogP contribution in [0, 0.1) is 13.7 Å². The van der Waals surface area contributed by atoms with Crippen molar-refractivity contribution in [2.45, 2.75) is 12.5 Å². The van der Waals surface area contributed by atoms with Crippen LogP contribution in [0.15, 0.2) is 18.2 Å². The average molecular weight is 410 g/mol. The van der Waals surface area contributed by atoms with E-state index in [0.717, 1.165) is 0 Å². The van der Waals surface area contributed by atoms with Gasteiger partial charge in [-0.25, -0.2) is 8.42 Å². The molecule has 1 aromatic rings. The molecule has 1 fully saturated rings. The van der Waals surface area contributed by atoms with Crippen molar-refractivity contribution in [2.75, 3.05) is 11.5 Å². The molecule has 1 aliphatic heterocycles. The number of hydrogen-bond acceptors (Lipinski definition) is 5. The smallest absolute Gasteiger partial charge is 0.270 e. The monoisotopic (exact) mass is 410 g/mol. The largest absolute Gasteiger partial charge is 0.348 e. The number of nitrogens with zero attached hydrogens (tertiary/aromatic N) is 1. The summed E-state index contributed by atoms with van der Waals surface area (Å²) < 4.78 is 23.1. The molecular formula is C11H11IN2O5S. The van der Waals surface area contributed by atoms with Gasteiger partial charge in [0, 0.05) is 21.7 Å². The first-order valence-electron chi connectivity index (χ1n) is 5.74. The first-order valence-corrected chi connectivity index (χ1v) is 8.64. The van der Waals surface area contributed by atoms with E-state index in [9.17, 15) is 23.3 Å². The second-order valence-electron chi connectivity index (χ2n) is 4.49. The lowest BCUT2D eigenvalue weighted by Gasteiger charge is -2.11. The molecule has 0 aromatic heterocycles. The quantitative estimate of drug-likeness (QED) is 0.457. The summed E-state index contributed by atoms with van der Waals surface area (Å²) in [5.41, 5.74) is 0.217. The fraction of sp³-hybridized carbons (Fsp3) is 0.364. The summed E-state index contributed by atoms with van der Waals surface area (Å²) in [6.45, 7) is 0. The Bertz CT molecular complexity index is 673. The lowest BCUT2D eigenvalue weighted by atomic mass is 10.1. The number of non-ortho nitro benzene ring substituents is 1. The average Bonchev–Trinajstić information content (AvgIpc) is 2.68. The number of carbonyl (C=O) groups is 1. The Morgan fingerprint density at radius 2 is 2.15 bits per heavy atom. The molecule has 1 amide bonds. The van der Waals surface area contributed by atoms with Crippen LogP contribution in [0.1, 0.15) is 16.8 Å². The van der Waals surface area contributed by atoms with E-state index >= 15 is 0 Å². The second kappa shape index (κ2) is 5.64. The lowest BCUT2D eigenvalue weighted by Crippen LogP contribution is -2.35. The van der Waals surface area contributed by atoms with Gasteiger partial charge < -0.3 is 5.32 Å². The number of benzene rings is 1. The molecule has 1 atom stereocenters. The molecule has 1 saturated heterocycles. The van der Waals surface area contributed by atoms with E-state index in [-0.39, 0.29) is 17.2 Å². The third kappa shape index (κ3) is 3.45. The maximum absolute atomic E-state index is 12.0. The third-order valence-electron chi connectivity index (χ3n) is 2.98. The van der Waals surface area contributed by atoms with Gasteiger partial charge in [0.2, 0.25) is 0 Å². The summed E-state index contributed by atoms with van der Waals surface area (Å²) in [6.07, 6.45) is 0.400. The van der Waals surface area contributed by atoms with Crippen molar-refractivity contribution >= 4 is 44.0 Å². The molecule has 108 valence electrons. The molecule has 0 aliphatic carbocycles. The van der Waals surface area contributed by atoms with Crippen LogP contribution in [0.3, 0.4) is 0 Å². The molecule has 1 aliphatic rings. The molecule has 1 aromatic carbocycles. The zero-order valence-corrected chi connectivity index (χ0v) is 13.2. The molecule has 1 heterocycles. The molecule has 0 radical (unpaired) electrons. The van der Waals surface area contributed by atoms with Crippen molar-refractivity contribution in [1.29, 1.82) is 0 Å². The molecule has 0 spiro atoms. The highest BCUT2D eigenvalue weighted by atomic mass is 127. The number of nitro benzene ring substituents is 1. The van der Waals surface area contributed by atoms with E-state index in [0.29, 0.717) is 15.6 Å². The highest BCUT2D eigenvalue weighted by Crippen LogP contribution is 2.20. The van der Waals surface area contributed by atoms with E-state index < -0.39 is 26.7 Å². The van der Waals surface area contributed by atoms with Gasteiger partial charge in [-0.3, -0.25) is 14.9 Å². The normalized spacial score (nSPS) is 20.6. The molecule has 1 unspecified atom stereocenters. The van der Waals surface area contributed by atoms with Crippen LogP contribution in [0.4, 0.5) is 5.69 Å². The Morgan fingerprint density at radius 3 is 2.65 bits per heavy atom. The van der Waals surface area contributed by atoms with Gasteiger partial charge in [-0.15, -0.1) is 0 Å². The summed E-state index contributed by atoms with van der Waals surface area (Å²) in [5.74, 6) is -0.385. The van der Waals surface area contributed by atoms with Crippen molar-refractivity contribution in [1.82, 2.24) is 5.32 Å². The number of amides is 1. The first-order chi connectivity index (χ1) is 9.28. The van der Waals surface area contributed by atoms with Crippen LogP contribution in [0.5, 0.6) is 0 Å². The van der Waals surface area contributed by atoms with Crippen LogP contribution in [-0.4, -0.2) is 36.8 Å². The van der Waals surface area contributed by atoms with Gasteiger partial charge >= 0.3 is 0 Å². The van der Waals surface area contributed by atoms with Crippen LogP contribution < -0.4 is 5.32 Å². The zero-order valence-electron chi connectivity index (χ0n) is 10.2. The van der Waals surface area contributed by atoms with E-state index in [1.807, 2.05) is 22.6 Å². The van der Waals surface area contributed by atoms with E-state index in [2.05, 4.69) is 5.32 Å². The van der Waals surface area contributed by atoms with Gasteiger partial charge in [0.05, 0.1) is 22.0 Å². The highest BCUT2D eigenvalue weighted by molar-refractivity contribution is 14.1. The summed E-state index contributed by atoms with van der Waals surface area (Å²) in [5, 5.41) is 13.3. The van der Waals surface area contributed by atoms with Crippen molar-refractivity contribution in [3.05, 3.63) is 37.4 Å². The third-order valence-corrected chi connectivity index (χ3v) is 5.64.